The number of nitrogen functional groups attached to an aromatic ring is 1. The van der Waals surface area contributed by atoms with Gasteiger partial charge in [-0.3, -0.25) is 4.79 Å². The summed E-state index contributed by atoms with van der Waals surface area (Å²) < 4.78 is 0.729. The Morgan fingerprint density at radius 2 is 2.05 bits per heavy atom. The van der Waals surface area contributed by atoms with Crippen molar-refractivity contribution in [3.63, 3.8) is 0 Å². The second-order valence-electron chi connectivity index (χ2n) is 4.55. The van der Waals surface area contributed by atoms with Crippen LogP contribution >= 0.6 is 23.1 Å². The number of Topliss-reactive ketones (excluding diaryl/α,β-unsaturated/α-hetero) is 1. The molecule has 1 aromatic carbocycles. The standard InChI is InChI=1S/C14H17N3OS2/c1-3-9(2)10-4-6-11(7-5-10)12(18)8-19-14-17-16-13(15)20-14/h4-7,9H,3,8H2,1-2H3,(H2,15,16)/t9-/m0/s1. The molecule has 20 heavy (non-hydrogen) atoms. The van der Waals surface area contributed by atoms with Gasteiger partial charge in [0.1, 0.15) is 0 Å². The lowest BCUT2D eigenvalue weighted by atomic mass is 9.97. The van der Waals surface area contributed by atoms with Gasteiger partial charge in [0.15, 0.2) is 10.1 Å². The van der Waals surface area contributed by atoms with Crippen LogP contribution in [0.3, 0.4) is 0 Å². The highest BCUT2D eigenvalue weighted by atomic mass is 32.2. The number of thioether (sulfide) groups is 1. The summed E-state index contributed by atoms with van der Waals surface area (Å²) in [5.41, 5.74) is 7.51. The first-order valence-corrected chi connectivity index (χ1v) is 8.25. The number of nitrogens with two attached hydrogens (primary N) is 1. The number of rotatable bonds is 6. The van der Waals surface area contributed by atoms with E-state index in [0.29, 0.717) is 16.8 Å². The third-order valence-electron chi connectivity index (χ3n) is 3.16. The smallest absolute Gasteiger partial charge is 0.203 e. The minimum absolute atomic E-state index is 0.0967. The Morgan fingerprint density at radius 3 is 2.60 bits per heavy atom. The SMILES string of the molecule is CC[C@H](C)c1ccc(C(=O)CSc2nnc(N)s2)cc1. The van der Waals surface area contributed by atoms with E-state index in [1.165, 1.54) is 28.7 Å². The van der Waals surface area contributed by atoms with Crippen molar-refractivity contribution in [2.45, 2.75) is 30.5 Å². The van der Waals surface area contributed by atoms with E-state index in [-0.39, 0.29) is 5.78 Å². The van der Waals surface area contributed by atoms with Crippen LogP contribution in [0.15, 0.2) is 28.6 Å². The van der Waals surface area contributed by atoms with Gasteiger partial charge in [-0.25, -0.2) is 0 Å². The van der Waals surface area contributed by atoms with Crippen molar-refractivity contribution in [3.8, 4) is 0 Å². The molecule has 0 saturated heterocycles. The summed E-state index contributed by atoms with van der Waals surface area (Å²) in [5, 5.41) is 8.03. The van der Waals surface area contributed by atoms with E-state index < -0.39 is 0 Å². The Bertz CT molecular complexity index is 580. The molecule has 1 atom stereocenters. The van der Waals surface area contributed by atoms with Gasteiger partial charge in [0.25, 0.3) is 0 Å². The largest absolute Gasteiger partial charge is 0.374 e. The molecule has 0 fully saturated rings. The first-order valence-electron chi connectivity index (χ1n) is 6.45. The average Bonchev–Trinajstić information content (AvgIpc) is 2.89. The number of anilines is 1. The van der Waals surface area contributed by atoms with Gasteiger partial charge in [-0.05, 0) is 17.9 Å². The molecule has 2 rings (SSSR count). The van der Waals surface area contributed by atoms with E-state index in [9.17, 15) is 4.79 Å². The lowest BCUT2D eigenvalue weighted by Gasteiger charge is -2.09. The molecule has 4 nitrogen and oxygen atoms in total. The van der Waals surface area contributed by atoms with E-state index in [2.05, 4.69) is 24.0 Å². The van der Waals surface area contributed by atoms with Crippen molar-refractivity contribution in [2.75, 3.05) is 11.5 Å². The highest BCUT2D eigenvalue weighted by Gasteiger charge is 2.10. The number of hydrogen-bond donors (Lipinski definition) is 1. The van der Waals surface area contributed by atoms with E-state index >= 15 is 0 Å². The summed E-state index contributed by atoms with van der Waals surface area (Å²) in [4.78, 5) is 12.1. The second kappa shape index (κ2) is 6.85. The van der Waals surface area contributed by atoms with Crippen LogP contribution in [0.4, 0.5) is 5.13 Å². The summed E-state index contributed by atoms with van der Waals surface area (Å²) in [5.74, 6) is 0.981. The molecule has 0 aliphatic rings. The molecule has 0 aliphatic heterocycles. The van der Waals surface area contributed by atoms with Gasteiger partial charge in [0, 0.05) is 5.56 Å². The Hall–Kier alpha value is -1.40. The molecule has 6 heteroatoms. The van der Waals surface area contributed by atoms with Crippen LogP contribution < -0.4 is 5.73 Å². The number of hydrogen-bond acceptors (Lipinski definition) is 6. The van der Waals surface area contributed by atoms with E-state index in [1.807, 2.05) is 24.3 Å². The molecule has 0 spiro atoms. The van der Waals surface area contributed by atoms with Crippen LogP contribution in [0, 0.1) is 0 Å². The highest BCUT2D eigenvalue weighted by molar-refractivity contribution is 8.01. The molecular weight excluding hydrogens is 290 g/mol. The van der Waals surface area contributed by atoms with Gasteiger partial charge >= 0.3 is 0 Å². The molecule has 0 bridgehead atoms. The van der Waals surface area contributed by atoms with Crippen molar-refractivity contribution >= 4 is 34.0 Å². The zero-order chi connectivity index (χ0) is 14.5. The summed E-state index contributed by atoms with van der Waals surface area (Å²) in [6.45, 7) is 4.35. The summed E-state index contributed by atoms with van der Waals surface area (Å²) >= 11 is 2.68. The lowest BCUT2D eigenvalue weighted by Crippen LogP contribution is -2.02. The first kappa shape index (κ1) is 15.0. The molecule has 1 aromatic heterocycles. The van der Waals surface area contributed by atoms with Crippen molar-refractivity contribution in [3.05, 3.63) is 35.4 Å². The normalized spacial score (nSPS) is 12.3. The fraction of sp³-hybridized carbons (Fsp3) is 0.357. The monoisotopic (exact) mass is 307 g/mol. The maximum absolute atomic E-state index is 12.1. The minimum Gasteiger partial charge on any atom is -0.374 e. The zero-order valence-corrected chi connectivity index (χ0v) is 13.1. The van der Waals surface area contributed by atoms with Crippen molar-refractivity contribution < 1.29 is 4.79 Å². The van der Waals surface area contributed by atoms with Crippen molar-refractivity contribution in [1.82, 2.24) is 10.2 Å². The van der Waals surface area contributed by atoms with E-state index in [4.69, 9.17) is 5.73 Å². The van der Waals surface area contributed by atoms with E-state index in [1.54, 1.807) is 0 Å². The van der Waals surface area contributed by atoms with Gasteiger partial charge in [0.05, 0.1) is 5.75 Å². The van der Waals surface area contributed by atoms with Gasteiger partial charge < -0.3 is 5.73 Å². The molecule has 0 amide bonds. The quantitative estimate of drug-likeness (QED) is 0.652. The van der Waals surface area contributed by atoms with Gasteiger partial charge in [-0.15, -0.1) is 10.2 Å². The molecule has 0 unspecified atom stereocenters. The van der Waals surface area contributed by atoms with Crippen molar-refractivity contribution in [2.24, 2.45) is 0 Å². The first-order chi connectivity index (χ1) is 9.60. The number of benzene rings is 1. The summed E-state index contributed by atoms with van der Waals surface area (Å²) in [6.07, 6.45) is 1.10. The maximum atomic E-state index is 12.1. The second-order valence-corrected chi connectivity index (χ2v) is 6.78. The summed E-state index contributed by atoms with van der Waals surface area (Å²) in [6, 6.07) is 7.88. The van der Waals surface area contributed by atoms with Gasteiger partial charge in [-0.1, -0.05) is 61.2 Å². The van der Waals surface area contributed by atoms with E-state index in [0.717, 1.165) is 16.3 Å². The lowest BCUT2D eigenvalue weighted by molar-refractivity contribution is 0.102. The maximum Gasteiger partial charge on any atom is 0.203 e. The predicted molar refractivity (Wildman–Crippen MR) is 84.5 cm³/mol. The Balaban J connectivity index is 1.95. The van der Waals surface area contributed by atoms with Crippen LogP contribution in [0.1, 0.15) is 42.1 Å². The molecular formula is C14H17N3OS2. The molecule has 2 N–H and O–H groups in total. The molecule has 0 aliphatic carbocycles. The topological polar surface area (TPSA) is 68.9 Å². The number of carbonyl (C=O) groups is 1. The third kappa shape index (κ3) is 3.80. The number of aromatic nitrogens is 2. The Morgan fingerprint density at radius 1 is 1.35 bits per heavy atom. The van der Waals surface area contributed by atoms with Gasteiger partial charge in [0.2, 0.25) is 5.13 Å². The minimum atomic E-state index is 0.0967. The average molecular weight is 307 g/mol. The van der Waals surface area contributed by atoms with Crippen molar-refractivity contribution in [1.29, 1.82) is 0 Å². The number of nitrogens with zero attached hydrogens (tertiary/aromatic N) is 2. The summed E-state index contributed by atoms with van der Waals surface area (Å²) in [7, 11) is 0. The fourth-order valence-electron chi connectivity index (χ4n) is 1.72. The van der Waals surface area contributed by atoms with Gasteiger partial charge in [-0.2, -0.15) is 0 Å². The number of carbonyl (C=O) groups excluding carboxylic acids is 1. The van der Waals surface area contributed by atoms with Crippen LogP contribution in [-0.4, -0.2) is 21.7 Å². The third-order valence-corrected chi connectivity index (χ3v) is 5.05. The molecule has 106 valence electrons. The Kier molecular flexibility index (Phi) is 5.14. The van der Waals surface area contributed by atoms with Crippen LogP contribution in [-0.2, 0) is 0 Å². The number of ketones is 1. The Labute approximate surface area is 126 Å². The van der Waals surface area contributed by atoms with Crippen LogP contribution in [0.2, 0.25) is 0 Å². The zero-order valence-electron chi connectivity index (χ0n) is 11.5. The fourth-order valence-corrected chi connectivity index (χ4v) is 3.25. The van der Waals surface area contributed by atoms with Crippen LogP contribution in [0.5, 0.6) is 0 Å². The predicted octanol–water partition coefficient (Wildman–Crippen LogP) is 3.61. The molecule has 0 radical (unpaired) electrons. The molecule has 1 heterocycles. The van der Waals surface area contributed by atoms with Crippen LogP contribution in [0.25, 0.3) is 0 Å². The molecule has 2 aromatic rings. The molecule has 0 saturated carbocycles. The highest BCUT2D eigenvalue weighted by Crippen LogP contribution is 2.25.